The predicted molar refractivity (Wildman–Crippen MR) is 156 cm³/mol. The number of fused-ring (bicyclic) bond motifs is 1. The van der Waals surface area contributed by atoms with Gasteiger partial charge in [-0.2, -0.15) is 4.98 Å². The van der Waals surface area contributed by atoms with Crippen LogP contribution < -0.4 is 20.9 Å². The van der Waals surface area contributed by atoms with Crippen LogP contribution in [0.15, 0.2) is 36.4 Å². The van der Waals surface area contributed by atoms with Crippen molar-refractivity contribution in [1.29, 1.82) is 0 Å². The highest BCUT2D eigenvalue weighted by molar-refractivity contribution is 6.02. The number of hydrogen-bond donors (Lipinski definition) is 3. The van der Waals surface area contributed by atoms with Crippen molar-refractivity contribution in [3.63, 3.8) is 0 Å². The molecular weight excluding hydrogens is 528 g/mol. The van der Waals surface area contributed by atoms with Crippen molar-refractivity contribution in [3.05, 3.63) is 64.7 Å². The largest absolute Gasteiger partial charge is 0.354 e. The number of urea groups is 1. The molecule has 0 atom stereocenters. The SMILES string of the molecule is CCN(CC)CCCNc1nc(-c2cc(C(=O)NC(C)C)ccc2C)c2c(n1)N(c1c(F)cccc1F)C(=O)NC2. The van der Waals surface area contributed by atoms with Gasteiger partial charge in [0.2, 0.25) is 5.95 Å². The highest BCUT2D eigenvalue weighted by Gasteiger charge is 2.34. The summed E-state index contributed by atoms with van der Waals surface area (Å²) in [7, 11) is 0. The molecule has 1 aromatic heterocycles. The summed E-state index contributed by atoms with van der Waals surface area (Å²) in [5, 5.41) is 8.83. The van der Waals surface area contributed by atoms with Crippen LogP contribution in [0, 0.1) is 18.6 Å². The zero-order valence-electron chi connectivity index (χ0n) is 24.1. The van der Waals surface area contributed by atoms with E-state index in [1.54, 1.807) is 12.1 Å². The van der Waals surface area contributed by atoms with E-state index in [1.165, 1.54) is 6.07 Å². The molecule has 9 nitrogen and oxygen atoms in total. The molecule has 41 heavy (non-hydrogen) atoms. The van der Waals surface area contributed by atoms with Crippen molar-refractivity contribution in [2.45, 2.75) is 53.6 Å². The second-order valence-electron chi connectivity index (χ2n) is 10.2. The molecule has 4 rings (SSSR count). The Kier molecular flexibility index (Phi) is 9.49. The van der Waals surface area contributed by atoms with E-state index >= 15 is 0 Å². The predicted octanol–water partition coefficient (Wildman–Crippen LogP) is 5.37. The van der Waals surface area contributed by atoms with E-state index in [-0.39, 0.29) is 30.3 Å². The van der Waals surface area contributed by atoms with Crippen molar-refractivity contribution >= 4 is 29.4 Å². The number of nitrogens with zero attached hydrogens (tertiary/aromatic N) is 4. The van der Waals surface area contributed by atoms with E-state index in [0.29, 0.717) is 28.9 Å². The van der Waals surface area contributed by atoms with Crippen molar-refractivity contribution in [2.75, 3.05) is 36.4 Å². The van der Waals surface area contributed by atoms with Crippen LogP contribution in [0.3, 0.4) is 0 Å². The molecule has 2 aromatic carbocycles. The van der Waals surface area contributed by atoms with Gasteiger partial charge < -0.3 is 20.9 Å². The Morgan fingerprint density at radius 1 is 1.12 bits per heavy atom. The van der Waals surface area contributed by atoms with Gasteiger partial charge in [0.1, 0.15) is 17.3 Å². The highest BCUT2D eigenvalue weighted by Crippen LogP contribution is 2.39. The Hall–Kier alpha value is -4.12. The lowest BCUT2D eigenvalue weighted by Crippen LogP contribution is -2.43. The average molecular weight is 566 g/mol. The summed E-state index contributed by atoms with van der Waals surface area (Å²) in [6.45, 7) is 13.2. The Balaban J connectivity index is 1.84. The third-order valence-electron chi connectivity index (χ3n) is 6.98. The molecule has 3 aromatic rings. The fourth-order valence-corrected chi connectivity index (χ4v) is 4.78. The lowest BCUT2D eigenvalue weighted by atomic mass is 9.97. The third kappa shape index (κ3) is 6.62. The summed E-state index contributed by atoms with van der Waals surface area (Å²) in [5.74, 6) is -1.74. The van der Waals surface area contributed by atoms with Crippen LogP contribution >= 0.6 is 0 Å². The maximum absolute atomic E-state index is 15.0. The van der Waals surface area contributed by atoms with Crippen molar-refractivity contribution < 1.29 is 18.4 Å². The zero-order valence-corrected chi connectivity index (χ0v) is 24.1. The minimum atomic E-state index is -0.898. The van der Waals surface area contributed by atoms with Gasteiger partial charge in [-0.25, -0.2) is 23.5 Å². The van der Waals surface area contributed by atoms with Gasteiger partial charge >= 0.3 is 6.03 Å². The molecule has 0 unspecified atom stereocenters. The standard InChI is InChI=1S/C30H37F2N7O2/c1-6-38(7-2)15-9-14-33-29-36-25(21-16-20(13-12-19(21)5)28(40)35-18(3)4)22-17-34-30(41)39(27(22)37-29)26-23(31)10-8-11-24(26)32/h8,10-13,16,18H,6-7,9,14-15,17H2,1-5H3,(H,34,41)(H,35,40)(H,33,36,37). The summed E-state index contributed by atoms with van der Waals surface area (Å²) >= 11 is 0. The smallest absolute Gasteiger partial charge is 0.328 e. The van der Waals surface area contributed by atoms with Crippen LogP contribution in [0.2, 0.25) is 0 Å². The first-order chi connectivity index (χ1) is 19.6. The number of carbonyl (C=O) groups excluding carboxylic acids is 2. The number of aryl methyl sites for hydroxylation is 1. The number of para-hydroxylation sites is 1. The van der Waals surface area contributed by atoms with E-state index in [2.05, 4.69) is 39.7 Å². The molecule has 218 valence electrons. The molecule has 0 saturated heterocycles. The van der Waals surface area contributed by atoms with Crippen LogP contribution in [-0.4, -0.2) is 59.0 Å². The molecule has 0 spiro atoms. The van der Waals surface area contributed by atoms with Crippen LogP contribution in [0.1, 0.15) is 55.6 Å². The number of nitrogens with one attached hydrogen (secondary N) is 3. The Bertz CT molecular complexity index is 1410. The topological polar surface area (TPSA) is 102 Å². The van der Waals surface area contributed by atoms with Crippen LogP contribution in [-0.2, 0) is 6.54 Å². The van der Waals surface area contributed by atoms with Gasteiger partial charge in [-0.1, -0.05) is 26.0 Å². The highest BCUT2D eigenvalue weighted by atomic mass is 19.1. The molecule has 0 saturated carbocycles. The van der Waals surface area contributed by atoms with Gasteiger partial charge in [0.15, 0.2) is 5.82 Å². The normalized spacial score (nSPS) is 12.9. The average Bonchev–Trinajstić information content (AvgIpc) is 2.93. The van der Waals surface area contributed by atoms with E-state index in [1.807, 2.05) is 26.8 Å². The first-order valence-corrected chi connectivity index (χ1v) is 14.0. The van der Waals surface area contributed by atoms with E-state index in [0.717, 1.165) is 48.7 Å². The van der Waals surface area contributed by atoms with Crippen LogP contribution in [0.5, 0.6) is 0 Å². The molecule has 0 aliphatic carbocycles. The Morgan fingerprint density at radius 2 is 1.83 bits per heavy atom. The summed E-state index contributed by atoms with van der Waals surface area (Å²) in [4.78, 5) is 38.5. The number of carbonyl (C=O) groups is 2. The third-order valence-corrected chi connectivity index (χ3v) is 6.98. The molecule has 3 amide bonds. The lowest BCUT2D eigenvalue weighted by molar-refractivity contribution is 0.0943. The molecule has 0 radical (unpaired) electrons. The molecule has 11 heteroatoms. The second-order valence-corrected chi connectivity index (χ2v) is 10.2. The minimum absolute atomic E-state index is 0.0418. The van der Waals surface area contributed by atoms with Crippen LogP contribution in [0.25, 0.3) is 11.3 Å². The minimum Gasteiger partial charge on any atom is -0.354 e. The number of hydrogen-bond acceptors (Lipinski definition) is 6. The number of anilines is 3. The Labute approximate surface area is 239 Å². The quantitative estimate of drug-likeness (QED) is 0.270. The maximum atomic E-state index is 15.0. The molecule has 0 bridgehead atoms. The van der Waals surface area contributed by atoms with Crippen LogP contribution in [0.4, 0.5) is 31.0 Å². The van der Waals surface area contributed by atoms with Gasteiger partial charge in [-0.15, -0.1) is 0 Å². The molecule has 1 aliphatic heterocycles. The monoisotopic (exact) mass is 565 g/mol. The molecule has 3 N–H and O–H groups in total. The maximum Gasteiger partial charge on any atom is 0.328 e. The van der Waals surface area contributed by atoms with Crippen molar-refractivity contribution in [1.82, 2.24) is 25.5 Å². The van der Waals surface area contributed by atoms with E-state index in [4.69, 9.17) is 4.98 Å². The fraction of sp³-hybridized carbons (Fsp3) is 0.400. The second kappa shape index (κ2) is 13.0. The van der Waals surface area contributed by atoms with Gasteiger partial charge in [0.05, 0.1) is 12.2 Å². The van der Waals surface area contributed by atoms with Crippen molar-refractivity contribution in [3.8, 4) is 11.3 Å². The fourth-order valence-electron chi connectivity index (χ4n) is 4.78. The number of rotatable bonds is 11. The number of halogens is 2. The van der Waals surface area contributed by atoms with E-state index in [9.17, 15) is 18.4 Å². The van der Waals surface area contributed by atoms with Crippen molar-refractivity contribution in [2.24, 2.45) is 0 Å². The first-order valence-electron chi connectivity index (χ1n) is 14.0. The number of benzene rings is 2. The molecule has 1 aliphatic rings. The summed E-state index contributed by atoms with van der Waals surface area (Å²) < 4.78 is 29.9. The molecular formula is C30H37F2N7O2. The summed E-state index contributed by atoms with van der Waals surface area (Å²) in [6.07, 6.45) is 0.813. The Morgan fingerprint density at radius 3 is 2.49 bits per heavy atom. The van der Waals surface area contributed by atoms with Gasteiger partial charge in [0, 0.05) is 29.3 Å². The molecule has 0 fully saturated rings. The zero-order chi connectivity index (χ0) is 29.7. The first kappa shape index (κ1) is 29.9. The van der Waals surface area contributed by atoms with E-state index < -0.39 is 23.4 Å². The summed E-state index contributed by atoms with van der Waals surface area (Å²) in [5.41, 5.74) is 2.34. The summed E-state index contributed by atoms with van der Waals surface area (Å²) in [6, 6.07) is 7.97. The number of aromatic nitrogens is 2. The lowest BCUT2D eigenvalue weighted by Gasteiger charge is -2.31. The molecule has 2 heterocycles. The van der Waals surface area contributed by atoms with Gasteiger partial charge in [0.25, 0.3) is 5.91 Å². The number of amides is 3. The van der Waals surface area contributed by atoms with Gasteiger partial charge in [-0.3, -0.25) is 4.79 Å². The van der Waals surface area contributed by atoms with Gasteiger partial charge in [-0.05, 0) is 76.7 Å².